The summed E-state index contributed by atoms with van der Waals surface area (Å²) >= 11 is 0. The van der Waals surface area contributed by atoms with Gasteiger partial charge >= 0.3 is 12.0 Å². The van der Waals surface area contributed by atoms with Gasteiger partial charge in [-0.15, -0.1) is 0 Å². The minimum absolute atomic E-state index is 0.0121. The largest absolute Gasteiger partial charge is 0.481 e. The maximum Gasteiger partial charge on any atom is 0.315 e. The van der Waals surface area contributed by atoms with Gasteiger partial charge in [-0.3, -0.25) is 9.59 Å². The molecule has 0 aliphatic carbocycles. The molecule has 0 spiro atoms. The zero-order valence-corrected chi connectivity index (χ0v) is 11.7. The molecule has 0 aromatic rings. The quantitative estimate of drug-likeness (QED) is 0.515. The van der Waals surface area contributed by atoms with Crippen molar-refractivity contribution in [3.8, 4) is 0 Å². The Labute approximate surface area is 113 Å². The van der Waals surface area contributed by atoms with Crippen LogP contribution in [-0.2, 0) is 9.59 Å². The van der Waals surface area contributed by atoms with Gasteiger partial charge in [0, 0.05) is 31.5 Å². The first-order valence-corrected chi connectivity index (χ1v) is 6.36. The van der Waals surface area contributed by atoms with Crippen LogP contribution in [0.2, 0.25) is 0 Å². The van der Waals surface area contributed by atoms with Gasteiger partial charge in [0.05, 0.1) is 0 Å². The average molecular weight is 273 g/mol. The summed E-state index contributed by atoms with van der Waals surface area (Å²) < 4.78 is 0. The van der Waals surface area contributed by atoms with Gasteiger partial charge in [-0.25, -0.2) is 4.79 Å². The summed E-state index contributed by atoms with van der Waals surface area (Å²) in [6.07, 6.45) is 0.601. The highest BCUT2D eigenvalue weighted by molar-refractivity contribution is 5.78. The van der Waals surface area contributed by atoms with Gasteiger partial charge in [0.1, 0.15) is 0 Å². The molecule has 0 aliphatic rings. The van der Waals surface area contributed by atoms with Gasteiger partial charge in [0.15, 0.2) is 0 Å². The third kappa shape index (κ3) is 11.1. The van der Waals surface area contributed by atoms with E-state index in [0.717, 1.165) is 0 Å². The molecule has 0 heterocycles. The summed E-state index contributed by atoms with van der Waals surface area (Å²) in [6.45, 7) is 5.70. The number of hydrogen-bond acceptors (Lipinski definition) is 3. The monoisotopic (exact) mass is 273 g/mol. The number of hydrogen-bond donors (Lipinski definition) is 4. The normalized spacial score (nSPS) is 11.8. The highest BCUT2D eigenvalue weighted by atomic mass is 16.4. The van der Waals surface area contributed by atoms with Gasteiger partial charge in [-0.1, -0.05) is 0 Å². The van der Waals surface area contributed by atoms with Crippen LogP contribution < -0.4 is 16.0 Å². The molecular weight excluding hydrogens is 250 g/mol. The molecule has 19 heavy (non-hydrogen) atoms. The van der Waals surface area contributed by atoms with Gasteiger partial charge in [0.2, 0.25) is 5.91 Å². The lowest BCUT2D eigenvalue weighted by Crippen LogP contribution is -2.42. The second kappa shape index (κ2) is 9.18. The molecule has 1 atom stereocenters. The first-order chi connectivity index (χ1) is 8.81. The molecule has 4 N–H and O–H groups in total. The SMILES string of the molecule is CC(C)NC(=O)CCNC(=O)NC(C)CCC(=O)O. The van der Waals surface area contributed by atoms with Gasteiger partial charge < -0.3 is 21.1 Å². The summed E-state index contributed by atoms with van der Waals surface area (Å²) in [5.41, 5.74) is 0. The standard InChI is InChI=1S/C12H23N3O4/c1-8(2)14-10(16)6-7-13-12(19)15-9(3)4-5-11(17)18/h8-9H,4-7H2,1-3H3,(H,14,16)(H,17,18)(H2,13,15,19). The molecule has 1 unspecified atom stereocenters. The Bertz CT molecular complexity index is 318. The minimum atomic E-state index is -0.889. The Balaban J connectivity index is 3.69. The summed E-state index contributed by atoms with van der Waals surface area (Å²) in [5.74, 6) is -1.01. The fourth-order valence-electron chi connectivity index (χ4n) is 1.37. The van der Waals surface area contributed by atoms with Crippen molar-refractivity contribution in [1.29, 1.82) is 0 Å². The molecule has 7 nitrogen and oxygen atoms in total. The number of carbonyl (C=O) groups excluding carboxylic acids is 2. The molecule has 0 rings (SSSR count). The molecule has 110 valence electrons. The van der Waals surface area contributed by atoms with Crippen LogP contribution >= 0.6 is 0 Å². The molecule has 0 radical (unpaired) electrons. The summed E-state index contributed by atoms with van der Waals surface area (Å²) in [5, 5.41) is 16.4. The van der Waals surface area contributed by atoms with E-state index in [2.05, 4.69) is 16.0 Å². The predicted molar refractivity (Wildman–Crippen MR) is 70.8 cm³/mol. The maximum atomic E-state index is 11.4. The zero-order chi connectivity index (χ0) is 14.8. The molecular formula is C12H23N3O4. The maximum absolute atomic E-state index is 11.4. The second-order valence-corrected chi connectivity index (χ2v) is 4.71. The van der Waals surface area contributed by atoms with E-state index in [1.807, 2.05) is 13.8 Å². The van der Waals surface area contributed by atoms with E-state index in [0.29, 0.717) is 6.42 Å². The number of amides is 3. The van der Waals surface area contributed by atoms with Crippen molar-refractivity contribution in [2.24, 2.45) is 0 Å². The van der Waals surface area contributed by atoms with Crippen LogP contribution in [0.25, 0.3) is 0 Å². The van der Waals surface area contributed by atoms with Crippen LogP contribution in [0.5, 0.6) is 0 Å². The smallest absolute Gasteiger partial charge is 0.315 e. The van der Waals surface area contributed by atoms with Crippen molar-refractivity contribution in [3.63, 3.8) is 0 Å². The van der Waals surface area contributed by atoms with Crippen LogP contribution in [0.1, 0.15) is 40.0 Å². The van der Waals surface area contributed by atoms with E-state index in [9.17, 15) is 14.4 Å². The number of aliphatic carboxylic acids is 1. The topological polar surface area (TPSA) is 108 Å². The van der Waals surface area contributed by atoms with Crippen molar-refractivity contribution in [2.75, 3.05) is 6.54 Å². The van der Waals surface area contributed by atoms with Crippen molar-refractivity contribution in [1.82, 2.24) is 16.0 Å². The van der Waals surface area contributed by atoms with Crippen molar-refractivity contribution in [2.45, 2.75) is 52.1 Å². The Morgan fingerprint density at radius 1 is 1.05 bits per heavy atom. The zero-order valence-electron chi connectivity index (χ0n) is 11.7. The van der Waals surface area contributed by atoms with Gasteiger partial charge in [-0.05, 0) is 27.2 Å². The Hall–Kier alpha value is -1.79. The molecule has 0 aromatic carbocycles. The Morgan fingerprint density at radius 2 is 1.68 bits per heavy atom. The summed E-state index contributed by atoms with van der Waals surface area (Å²) in [4.78, 5) is 33.0. The molecule has 0 aliphatic heterocycles. The van der Waals surface area contributed by atoms with E-state index in [1.165, 1.54) is 0 Å². The highest BCUT2D eigenvalue weighted by Gasteiger charge is 2.09. The van der Waals surface area contributed by atoms with E-state index in [1.54, 1.807) is 6.92 Å². The lowest BCUT2D eigenvalue weighted by atomic mass is 10.2. The number of rotatable bonds is 8. The minimum Gasteiger partial charge on any atom is -0.481 e. The lowest BCUT2D eigenvalue weighted by Gasteiger charge is -2.14. The first-order valence-electron chi connectivity index (χ1n) is 6.36. The van der Waals surface area contributed by atoms with E-state index in [-0.39, 0.29) is 37.4 Å². The van der Waals surface area contributed by atoms with Crippen LogP contribution in [-0.4, -0.2) is 41.6 Å². The van der Waals surface area contributed by atoms with E-state index < -0.39 is 12.0 Å². The fourth-order valence-corrected chi connectivity index (χ4v) is 1.37. The van der Waals surface area contributed by atoms with Crippen LogP contribution in [0.3, 0.4) is 0 Å². The summed E-state index contributed by atoms with van der Waals surface area (Å²) in [7, 11) is 0. The van der Waals surface area contributed by atoms with Crippen LogP contribution in [0.15, 0.2) is 0 Å². The van der Waals surface area contributed by atoms with Gasteiger partial charge in [0.25, 0.3) is 0 Å². The number of carboxylic acids is 1. The molecule has 0 fully saturated rings. The van der Waals surface area contributed by atoms with E-state index >= 15 is 0 Å². The molecule has 0 bridgehead atoms. The lowest BCUT2D eigenvalue weighted by molar-refractivity contribution is -0.137. The molecule has 7 heteroatoms. The molecule has 0 saturated heterocycles. The second-order valence-electron chi connectivity index (χ2n) is 4.71. The fraction of sp³-hybridized carbons (Fsp3) is 0.750. The number of urea groups is 1. The Kier molecular flexibility index (Phi) is 8.32. The van der Waals surface area contributed by atoms with E-state index in [4.69, 9.17) is 5.11 Å². The first kappa shape index (κ1) is 17.2. The summed E-state index contributed by atoms with van der Waals surface area (Å²) in [6, 6.07) is -0.534. The van der Waals surface area contributed by atoms with Crippen molar-refractivity contribution in [3.05, 3.63) is 0 Å². The molecule has 0 aromatic heterocycles. The third-order valence-corrected chi connectivity index (χ3v) is 2.26. The average Bonchev–Trinajstić information content (AvgIpc) is 2.25. The Morgan fingerprint density at radius 3 is 2.21 bits per heavy atom. The van der Waals surface area contributed by atoms with Gasteiger partial charge in [-0.2, -0.15) is 0 Å². The number of carboxylic acid groups (broad SMARTS) is 1. The van der Waals surface area contributed by atoms with Crippen LogP contribution in [0, 0.1) is 0 Å². The third-order valence-electron chi connectivity index (χ3n) is 2.26. The van der Waals surface area contributed by atoms with Crippen molar-refractivity contribution >= 4 is 17.9 Å². The highest BCUT2D eigenvalue weighted by Crippen LogP contribution is 1.95. The van der Waals surface area contributed by atoms with Crippen LogP contribution in [0.4, 0.5) is 4.79 Å². The van der Waals surface area contributed by atoms with Crippen molar-refractivity contribution < 1.29 is 19.5 Å². The molecule has 3 amide bonds. The molecule has 0 saturated carbocycles. The predicted octanol–water partition coefficient (Wildman–Crippen LogP) is 0.454. The number of carbonyl (C=O) groups is 3. The number of nitrogens with one attached hydrogen (secondary N) is 3.